The van der Waals surface area contributed by atoms with Crippen molar-refractivity contribution in [3.8, 4) is 0 Å². The number of Topliss-reactive ketones (excluding diaryl/α,β-unsaturated/α-hetero) is 1. The van der Waals surface area contributed by atoms with Gasteiger partial charge < -0.3 is 16.8 Å². The van der Waals surface area contributed by atoms with Crippen molar-refractivity contribution in [3.05, 3.63) is 0 Å². The molecule has 0 spiro atoms. The van der Waals surface area contributed by atoms with E-state index in [2.05, 4.69) is 5.32 Å². The van der Waals surface area contributed by atoms with Gasteiger partial charge in [-0.2, -0.15) is 0 Å². The third-order valence-corrected chi connectivity index (χ3v) is 3.60. The summed E-state index contributed by atoms with van der Waals surface area (Å²) in [4.78, 5) is 36.2. The smallest absolute Gasteiger partial charge is 0.248 e. The zero-order valence-corrected chi connectivity index (χ0v) is 14.4. The van der Waals surface area contributed by atoms with E-state index in [-0.39, 0.29) is 18.1 Å². The zero-order valence-electron chi connectivity index (χ0n) is 14.4. The van der Waals surface area contributed by atoms with Crippen molar-refractivity contribution in [2.45, 2.75) is 65.5 Å². The molecule has 0 aliphatic carbocycles. The number of ketones is 1. The van der Waals surface area contributed by atoms with Gasteiger partial charge in [-0.1, -0.05) is 34.6 Å². The largest absolute Gasteiger partial charge is 0.344 e. The lowest BCUT2D eigenvalue weighted by Gasteiger charge is -2.34. The zero-order chi connectivity index (χ0) is 17.6. The number of carbonyl (C=O) groups excluding carboxylic acids is 3. The van der Waals surface area contributed by atoms with Crippen LogP contribution in [-0.4, -0.2) is 36.1 Å². The highest BCUT2D eigenvalue weighted by Crippen LogP contribution is 2.26. The van der Waals surface area contributed by atoms with Crippen LogP contribution in [0.4, 0.5) is 0 Å². The second-order valence-electron chi connectivity index (χ2n) is 7.11. The molecule has 127 valence electrons. The number of nitrogens with two attached hydrogens (primary N) is 2. The van der Waals surface area contributed by atoms with Gasteiger partial charge in [0.05, 0.1) is 6.04 Å². The molecular formula is C16H30N3O3. The third-order valence-electron chi connectivity index (χ3n) is 3.60. The fourth-order valence-corrected chi connectivity index (χ4v) is 2.15. The summed E-state index contributed by atoms with van der Waals surface area (Å²) in [6, 6.07) is -0.780. The number of hydrogen-bond acceptors (Lipinski definition) is 5. The molecule has 6 nitrogen and oxygen atoms in total. The average Bonchev–Trinajstić information content (AvgIpc) is 2.42. The number of hydrogen-bond donors (Lipinski definition) is 3. The summed E-state index contributed by atoms with van der Waals surface area (Å²) in [6.45, 7) is 9.21. The first-order chi connectivity index (χ1) is 10.0. The van der Waals surface area contributed by atoms with E-state index < -0.39 is 22.9 Å². The second kappa shape index (κ2) is 8.39. The van der Waals surface area contributed by atoms with Gasteiger partial charge >= 0.3 is 0 Å². The Morgan fingerprint density at radius 3 is 2.09 bits per heavy atom. The number of unbranched alkanes of at least 4 members (excludes halogenated alkanes) is 1. The van der Waals surface area contributed by atoms with Crippen LogP contribution in [-0.2, 0) is 14.4 Å². The van der Waals surface area contributed by atoms with E-state index in [9.17, 15) is 14.4 Å². The van der Waals surface area contributed by atoms with E-state index in [4.69, 9.17) is 11.5 Å². The summed E-state index contributed by atoms with van der Waals surface area (Å²) in [5.41, 5.74) is 9.23. The Hall–Kier alpha value is -1.27. The quantitative estimate of drug-likeness (QED) is 0.428. The first kappa shape index (κ1) is 20.7. The van der Waals surface area contributed by atoms with E-state index in [0.29, 0.717) is 19.4 Å². The molecular weight excluding hydrogens is 282 g/mol. The van der Waals surface area contributed by atoms with Crippen LogP contribution < -0.4 is 16.8 Å². The Kier molecular flexibility index (Phi) is 7.90. The van der Waals surface area contributed by atoms with Crippen LogP contribution >= 0.6 is 0 Å². The van der Waals surface area contributed by atoms with E-state index >= 15 is 0 Å². The highest BCUT2D eigenvalue weighted by Gasteiger charge is 2.46. The third kappa shape index (κ3) is 5.50. The molecule has 2 atom stereocenters. The summed E-state index contributed by atoms with van der Waals surface area (Å²) in [5, 5.41) is 2.55. The maximum atomic E-state index is 12.6. The van der Waals surface area contributed by atoms with Crippen molar-refractivity contribution in [1.29, 1.82) is 0 Å². The second-order valence-corrected chi connectivity index (χ2v) is 7.11. The van der Waals surface area contributed by atoms with Crippen LogP contribution in [0.3, 0.4) is 0 Å². The van der Waals surface area contributed by atoms with Crippen LogP contribution in [0.25, 0.3) is 0 Å². The lowest BCUT2D eigenvalue weighted by atomic mass is 9.75. The molecule has 0 aromatic carbocycles. The van der Waals surface area contributed by atoms with Crippen LogP contribution in [0.2, 0.25) is 0 Å². The molecule has 6 heteroatoms. The Morgan fingerprint density at radius 2 is 1.73 bits per heavy atom. The first-order valence-electron chi connectivity index (χ1n) is 7.73. The van der Waals surface area contributed by atoms with Crippen molar-refractivity contribution in [3.63, 3.8) is 0 Å². The van der Waals surface area contributed by atoms with E-state index in [1.807, 2.05) is 0 Å². The molecule has 0 saturated carbocycles. The van der Waals surface area contributed by atoms with Gasteiger partial charge in [0.2, 0.25) is 12.2 Å². The summed E-state index contributed by atoms with van der Waals surface area (Å²) in [5.74, 6) is -1.09. The fraction of sp³-hybridized carbons (Fsp3) is 0.812. The summed E-state index contributed by atoms with van der Waals surface area (Å²) >= 11 is 0. The van der Waals surface area contributed by atoms with Crippen molar-refractivity contribution < 1.29 is 14.4 Å². The first-order valence-corrected chi connectivity index (χ1v) is 7.73. The lowest BCUT2D eigenvalue weighted by molar-refractivity contribution is -0.141. The van der Waals surface area contributed by atoms with Gasteiger partial charge in [-0.15, -0.1) is 0 Å². The van der Waals surface area contributed by atoms with Gasteiger partial charge in [-0.25, -0.2) is 0 Å². The van der Waals surface area contributed by atoms with Gasteiger partial charge in [-0.05, 0) is 31.7 Å². The van der Waals surface area contributed by atoms with E-state index in [0.717, 1.165) is 0 Å². The molecule has 0 aromatic rings. The molecule has 0 saturated heterocycles. The van der Waals surface area contributed by atoms with Gasteiger partial charge in [-0.3, -0.25) is 14.4 Å². The Bertz CT molecular complexity index is 402. The summed E-state index contributed by atoms with van der Waals surface area (Å²) < 4.78 is 0. The number of nitrogens with one attached hydrogen (secondary N) is 1. The molecule has 0 fully saturated rings. The summed E-state index contributed by atoms with van der Waals surface area (Å²) in [6.07, 6.45) is 3.23. The predicted molar refractivity (Wildman–Crippen MR) is 86.7 cm³/mol. The predicted octanol–water partition coefficient (Wildman–Crippen LogP) is 0.679. The van der Waals surface area contributed by atoms with Crippen molar-refractivity contribution >= 4 is 18.0 Å². The fourth-order valence-electron chi connectivity index (χ4n) is 2.15. The molecule has 0 unspecified atom stereocenters. The highest BCUT2D eigenvalue weighted by atomic mass is 16.2. The Balaban J connectivity index is 5.34. The highest BCUT2D eigenvalue weighted by molar-refractivity contribution is 6.12. The van der Waals surface area contributed by atoms with Crippen LogP contribution in [0.1, 0.15) is 53.9 Å². The molecule has 0 bridgehead atoms. The number of amides is 1. The molecule has 0 heterocycles. The van der Waals surface area contributed by atoms with Gasteiger partial charge in [0.1, 0.15) is 0 Å². The standard InChI is InChI=1S/C16H30N3O3/c1-11(2)12(10-20)19-14(22)16(18,8-6-7-9-17)13(21)15(3,4)5/h11-12H,6-9,17-18H2,1-5H3,(H,19,22)/t12-,16-/m1/s1. The van der Waals surface area contributed by atoms with Crippen LogP contribution in [0.5, 0.6) is 0 Å². The maximum absolute atomic E-state index is 12.6. The van der Waals surface area contributed by atoms with Crippen LogP contribution in [0.15, 0.2) is 0 Å². The maximum Gasteiger partial charge on any atom is 0.248 e. The summed E-state index contributed by atoms with van der Waals surface area (Å²) in [7, 11) is 0. The molecule has 22 heavy (non-hydrogen) atoms. The van der Waals surface area contributed by atoms with E-state index in [1.165, 1.54) is 0 Å². The molecule has 0 aromatic heterocycles. The number of carbonyl (C=O) groups is 2. The minimum atomic E-state index is -1.66. The molecule has 0 aliphatic rings. The van der Waals surface area contributed by atoms with Crippen LogP contribution in [0, 0.1) is 11.3 Å². The molecule has 0 aliphatic heterocycles. The van der Waals surface area contributed by atoms with Gasteiger partial charge in [0, 0.05) is 5.41 Å². The van der Waals surface area contributed by atoms with Gasteiger partial charge in [0.15, 0.2) is 11.3 Å². The van der Waals surface area contributed by atoms with Crippen molar-refractivity contribution in [2.24, 2.45) is 22.8 Å². The topological polar surface area (TPSA) is 115 Å². The molecule has 1 radical (unpaired) electrons. The molecule has 1 amide bonds. The Morgan fingerprint density at radius 1 is 1.18 bits per heavy atom. The SMILES string of the molecule is CC(C)[C@@H]([C]=O)NC(=O)[C@@](N)(CCCCN)C(=O)C(C)(C)C. The number of rotatable bonds is 9. The van der Waals surface area contributed by atoms with Crippen molar-refractivity contribution in [1.82, 2.24) is 5.32 Å². The molecule has 0 rings (SSSR count). The average molecular weight is 312 g/mol. The monoisotopic (exact) mass is 312 g/mol. The minimum absolute atomic E-state index is 0.125. The molecule has 5 N–H and O–H groups in total. The van der Waals surface area contributed by atoms with E-state index in [1.54, 1.807) is 40.9 Å². The van der Waals surface area contributed by atoms with Crippen molar-refractivity contribution in [2.75, 3.05) is 6.54 Å². The normalized spacial score (nSPS) is 16.0. The lowest BCUT2D eigenvalue weighted by Crippen LogP contribution is -2.64. The Labute approximate surface area is 133 Å². The minimum Gasteiger partial charge on any atom is -0.344 e. The van der Waals surface area contributed by atoms with Gasteiger partial charge in [0.25, 0.3) is 0 Å².